The predicted molar refractivity (Wildman–Crippen MR) is 106 cm³/mol. The average molecular weight is 385 g/mol. The maximum Gasteiger partial charge on any atom is 0.314 e. The molecule has 0 saturated carbocycles. The standard InChI is InChI=1S/C21H24N2O3S/c1-2-26-20(25)21(11-6-10-17-8-4-3-5-9-17)12-7-13-23(15-21)19(24)18-14-27-16-22-18/h3-6,8-10,14,16H,2,7,11-13,15H2,1H3/b10-6+. The first kappa shape index (κ1) is 19.3. The number of rotatable bonds is 6. The highest BCUT2D eigenvalue weighted by atomic mass is 32.1. The molecule has 1 aromatic carbocycles. The van der Waals surface area contributed by atoms with Crippen molar-refractivity contribution in [1.82, 2.24) is 9.88 Å². The number of ether oxygens (including phenoxy) is 1. The lowest BCUT2D eigenvalue weighted by Crippen LogP contribution is -2.50. The molecule has 5 nitrogen and oxygen atoms in total. The molecule has 1 fully saturated rings. The number of carbonyl (C=O) groups excluding carboxylic acids is 2. The molecule has 1 amide bonds. The minimum absolute atomic E-state index is 0.114. The summed E-state index contributed by atoms with van der Waals surface area (Å²) in [6, 6.07) is 9.98. The number of piperidine rings is 1. The number of nitrogens with zero attached hydrogens (tertiary/aromatic N) is 2. The Kier molecular flexibility index (Phi) is 6.40. The lowest BCUT2D eigenvalue weighted by atomic mass is 9.76. The van der Waals surface area contributed by atoms with Gasteiger partial charge in [-0.3, -0.25) is 9.59 Å². The molecular weight excluding hydrogens is 360 g/mol. The van der Waals surface area contributed by atoms with Gasteiger partial charge < -0.3 is 9.64 Å². The molecule has 1 saturated heterocycles. The topological polar surface area (TPSA) is 59.5 Å². The predicted octanol–water partition coefficient (Wildman–Crippen LogP) is 4.03. The fraction of sp³-hybridized carbons (Fsp3) is 0.381. The van der Waals surface area contributed by atoms with E-state index in [1.54, 1.807) is 15.8 Å². The number of aromatic nitrogens is 1. The van der Waals surface area contributed by atoms with Crippen LogP contribution in [-0.4, -0.2) is 41.5 Å². The van der Waals surface area contributed by atoms with Crippen LogP contribution in [0.5, 0.6) is 0 Å². The number of likely N-dealkylation sites (tertiary alicyclic amines) is 1. The first-order valence-corrected chi connectivity index (χ1v) is 10.2. The summed E-state index contributed by atoms with van der Waals surface area (Å²) in [5.74, 6) is -0.338. The Morgan fingerprint density at radius 2 is 2.15 bits per heavy atom. The van der Waals surface area contributed by atoms with Gasteiger partial charge in [0.1, 0.15) is 5.69 Å². The van der Waals surface area contributed by atoms with Crippen LogP contribution in [-0.2, 0) is 9.53 Å². The van der Waals surface area contributed by atoms with E-state index in [1.165, 1.54) is 11.3 Å². The van der Waals surface area contributed by atoms with Gasteiger partial charge in [0.25, 0.3) is 5.91 Å². The van der Waals surface area contributed by atoms with E-state index in [9.17, 15) is 9.59 Å². The van der Waals surface area contributed by atoms with Gasteiger partial charge in [-0.25, -0.2) is 4.98 Å². The summed E-state index contributed by atoms with van der Waals surface area (Å²) < 4.78 is 5.38. The Morgan fingerprint density at radius 3 is 2.85 bits per heavy atom. The van der Waals surface area contributed by atoms with Crippen LogP contribution in [0.4, 0.5) is 0 Å². The molecule has 2 aromatic rings. The minimum atomic E-state index is -0.703. The molecule has 6 heteroatoms. The molecule has 3 rings (SSSR count). The third-order valence-corrected chi connectivity index (χ3v) is 5.43. The highest BCUT2D eigenvalue weighted by molar-refractivity contribution is 7.07. The van der Waals surface area contributed by atoms with Crippen molar-refractivity contribution in [3.8, 4) is 0 Å². The normalized spacial score (nSPS) is 20.0. The largest absolute Gasteiger partial charge is 0.466 e. The van der Waals surface area contributed by atoms with Crippen molar-refractivity contribution in [1.29, 1.82) is 0 Å². The van der Waals surface area contributed by atoms with Gasteiger partial charge in [0.2, 0.25) is 0 Å². The van der Waals surface area contributed by atoms with E-state index in [4.69, 9.17) is 4.74 Å². The second-order valence-corrected chi connectivity index (χ2v) is 7.44. The maximum absolute atomic E-state index is 12.8. The van der Waals surface area contributed by atoms with Gasteiger partial charge in [-0.2, -0.15) is 0 Å². The fourth-order valence-corrected chi connectivity index (χ4v) is 4.00. The molecule has 1 aromatic heterocycles. The third-order valence-electron chi connectivity index (χ3n) is 4.84. The molecule has 0 spiro atoms. The van der Waals surface area contributed by atoms with E-state index in [2.05, 4.69) is 4.98 Å². The number of allylic oxidation sites excluding steroid dienone is 1. The molecular formula is C21H24N2O3S. The van der Waals surface area contributed by atoms with Crippen LogP contribution in [0.3, 0.4) is 0 Å². The number of hydrogen-bond acceptors (Lipinski definition) is 5. The molecule has 0 aliphatic carbocycles. The van der Waals surface area contributed by atoms with Gasteiger partial charge >= 0.3 is 5.97 Å². The number of thiazole rings is 1. The molecule has 0 bridgehead atoms. The second kappa shape index (κ2) is 8.95. The van der Waals surface area contributed by atoms with E-state index in [0.717, 1.165) is 12.0 Å². The summed E-state index contributed by atoms with van der Waals surface area (Å²) in [6.45, 7) is 3.15. The summed E-state index contributed by atoms with van der Waals surface area (Å²) in [5, 5.41) is 1.75. The van der Waals surface area contributed by atoms with Crippen molar-refractivity contribution >= 4 is 29.3 Å². The van der Waals surface area contributed by atoms with E-state index in [-0.39, 0.29) is 11.9 Å². The van der Waals surface area contributed by atoms with Crippen molar-refractivity contribution in [3.05, 3.63) is 58.6 Å². The van der Waals surface area contributed by atoms with Crippen molar-refractivity contribution in [3.63, 3.8) is 0 Å². The Hall–Kier alpha value is -2.47. The Balaban J connectivity index is 1.78. The maximum atomic E-state index is 12.8. The molecule has 1 unspecified atom stereocenters. The SMILES string of the molecule is CCOC(=O)C1(C/C=C/c2ccccc2)CCCN(C(=O)c2cscn2)C1. The number of esters is 1. The summed E-state index contributed by atoms with van der Waals surface area (Å²) in [6.07, 6.45) is 6.06. The van der Waals surface area contributed by atoms with Gasteiger partial charge in [-0.15, -0.1) is 11.3 Å². The van der Waals surface area contributed by atoms with Crippen LogP contribution in [0.15, 0.2) is 47.3 Å². The summed E-state index contributed by atoms with van der Waals surface area (Å²) in [5.41, 5.74) is 2.48. The Bertz CT molecular complexity index is 789. The van der Waals surface area contributed by atoms with Crippen molar-refractivity contribution in [2.75, 3.05) is 19.7 Å². The zero-order chi connectivity index (χ0) is 19.1. The average Bonchev–Trinajstić information content (AvgIpc) is 3.23. The van der Waals surface area contributed by atoms with E-state index >= 15 is 0 Å². The first-order chi connectivity index (χ1) is 13.1. The Labute approximate surface area is 163 Å². The lowest BCUT2D eigenvalue weighted by molar-refractivity contribution is -0.158. The van der Waals surface area contributed by atoms with Gasteiger partial charge in [0, 0.05) is 18.5 Å². The number of amides is 1. The van der Waals surface area contributed by atoms with Crippen LogP contribution in [0.1, 0.15) is 42.2 Å². The molecule has 27 heavy (non-hydrogen) atoms. The molecule has 142 valence electrons. The second-order valence-electron chi connectivity index (χ2n) is 6.72. The van der Waals surface area contributed by atoms with Crippen molar-refractivity contribution in [2.24, 2.45) is 5.41 Å². The Morgan fingerprint density at radius 1 is 1.33 bits per heavy atom. The molecule has 1 aliphatic rings. The first-order valence-electron chi connectivity index (χ1n) is 9.21. The highest BCUT2D eigenvalue weighted by Crippen LogP contribution is 2.36. The van der Waals surface area contributed by atoms with Gasteiger partial charge in [0.15, 0.2) is 0 Å². The van der Waals surface area contributed by atoms with Crippen molar-refractivity contribution in [2.45, 2.75) is 26.2 Å². The van der Waals surface area contributed by atoms with Crippen LogP contribution >= 0.6 is 11.3 Å². The van der Waals surface area contributed by atoms with E-state index < -0.39 is 5.41 Å². The molecule has 0 radical (unpaired) electrons. The highest BCUT2D eigenvalue weighted by Gasteiger charge is 2.44. The monoisotopic (exact) mass is 384 g/mol. The van der Waals surface area contributed by atoms with Crippen LogP contribution in [0.2, 0.25) is 0 Å². The quantitative estimate of drug-likeness (QED) is 0.706. The minimum Gasteiger partial charge on any atom is -0.466 e. The van der Waals surface area contributed by atoms with E-state index in [0.29, 0.717) is 38.2 Å². The summed E-state index contributed by atoms with van der Waals surface area (Å²) in [4.78, 5) is 31.4. The third kappa shape index (κ3) is 4.63. The molecule has 1 aliphatic heterocycles. The van der Waals surface area contributed by atoms with Crippen molar-refractivity contribution < 1.29 is 14.3 Å². The summed E-state index contributed by atoms with van der Waals surface area (Å²) >= 11 is 1.40. The van der Waals surface area contributed by atoms with Crippen LogP contribution in [0.25, 0.3) is 6.08 Å². The van der Waals surface area contributed by atoms with Gasteiger partial charge in [-0.1, -0.05) is 42.5 Å². The lowest BCUT2D eigenvalue weighted by Gasteiger charge is -2.40. The molecule has 1 atom stereocenters. The van der Waals surface area contributed by atoms with Crippen LogP contribution < -0.4 is 0 Å². The fourth-order valence-electron chi connectivity index (χ4n) is 3.47. The van der Waals surface area contributed by atoms with Gasteiger partial charge in [-0.05, 0) is 31.7 Å². The number of benzene rings is 1. The molecule has 0 N–H and O–H groups in total. The number of hydrogen-bond donors (Lipinski definition) is 0. The van der Waals surface area contributed by atoms with Gasteiger partial charge in [0.05, 0.1) is 17.5 Å². The zero-order valence-electron chi connectivity index (χ0n) is 15.5. The van der Waals surface area contributed by atoms with Crippen LogP contribution in [0, 0.1) is 5.41 Å². The van der Waals surface area contributed by atoms with E-state index in [1.807, 2.05) is 49.4 Å². The number of carbonyl (C=O) groups is 2. The molecule has 2 heterocycles. The summed E-state index contributed by atoms with van der Waals surface area (Å²) in [7, 11) is 0. The zero-order valence-corrected chi connectivity index (χ0v) is 16.3. The smallest absolute Gasteiger partial charge is 0.314 e.